The van der Waals surface area contributed by atoms with Crippen molar-refractivity contribution in [3.63, 3.8) is 0 Å². The normalized spacial score (nSPS) is 10.5. The molecule has 0 saturated heterocycles. The van der Waals surface area contributed by atoms with Crippen LogP contribution in [0.25, 0.3) is 0 Å². The van der Waals surface area contributed by atoms with E-state index in [9.17, 15) is 8.78 Å². The van der Waals surface area contributed by atoms with Gasteiger partial charge in [-0.05, 0) is 12.5 Å². The fraction of sp³-hybridized carbons (Fsp3) is 0.154. The number of hydrogen-bond acceptors (Lipinski definition) is 2. The van der Waals surface area contributed by atoms with Crippen molar-refractivity contribution in [3.8, 4) is 0 Å². The molecule has 0 atom stereocenters. The number of benzene rings is 1. The minimum atomic E-state index is -0.605. The molecule has 0 radical (unpaired) electrons. The van der Waals surface area contributed by atoms with E-state index in [2.05, 4.69) is 4.98 Å². The van der Waals surface area contributed by atoms with Gasteiger partial charge in [0.15, 0.2) is 5.82 Å². The Morgan fingerprint density at radius 1 is 1.18 bits per heavy atom. The van der Waals surface area contributed by atoms with Crippen molar-refractivity contribution >= 4 is 11.8 Å². The van der Waals surface area contributed by atoms with Gasteiger partial charge in [0.05, 0.1) is 6.20 Å². The van der Waals surface area contributed by atoms with Crippen molar-refractivity contribution in [1.82, 2.24) is 4.98 Å². The van der Waals surface area contributed by atoms with Gasteiger partial charge in [-0.15, -0.1) is 0 Å². The first-order valence-electron chi connectivity index (χ1n) is 5.16. The first kappa shape index (κ1) is 12.0. The Balaban J connectivity index is 2.13. The van der Waals surface area contributed by atoms with Crippen LogP contribution in [-0.2, 0) is 5.75 Å². The van der Waals surface area contributed by atoms with Crippen molar-refractivity contribution in [2.24, 2.45) is 0 Å². The van der Waals surface area contributed by atoms with Crippen molar-refractivity contribution in [2.45, 2.75) is 17.7 Å². The Labute approximate surface area is 103 Å². The van der Waals surface area contributed by atoms with Crippen LogP contribution in [0.4, 0.5) is 8.78 Å². The molecule has 2 aromatic rings. The fourth-order valence-corrected chi connectivity index (χ4v) is 2.26. The van der Waals surface area contributed by atoms with E-state index in [1.54, 1.807) is 0 Å². The smallest absolute Gasteiger partial charge is 0.161 e. The van der Waals surface area contributed by atoms with Gasteiger partial charge in [0.1, 0.15) is 10.8 Å². The van der Waals surface area contributed by atoms with Crippen LogP contribution in [0.15, 0.2) is 41.6 Å². The lowest BCUT2D eigenvalue weighted by atomic mass is 10.2. The van der Waals surface area contributed by atoms with Gasteiger partial charge in [-0.1, -0.05) is 42.1 Å². The van der Waals surface area contributed by atoms with Crippen molar-refractivity contribution in [2.75, 3.05) is 0 Å². The highest BCUT2D eigenvalue weighted by molar-refractivity contribution is 7.98. The summed E-state index contributed by atoms with van der Waals surface area (Å²) in [7, 11) is 0. The fourth-order valence-electron chi connectivity index (χ4n) is 1.36. The Hall–Kier alpha value is -1.42. The van der Waals surface area contributed by atoms with E-state index in [1.807, 2.05) is 30.3 Å². The van der Waals surface area contributed by atoms with E-state index < -0.39 is 11.6 Å². The molecule has 0 bridgehead atoms. The standard InChI is InChI=1S/C13H11F2NS/c1-9-11(14)7-16-13(12(9)15)17-8-10-5-3-2-4-6-10/h2-7H,8H2,1H3. The monoisotopic (exact) mass is 251 g/mol. The average Bonchev–Trinajstić information content (AvgIpc) is 2.36. The van der Waals surface area contributed by atoms with Crippen LogP contribution in [0.2, 0.25) is 0 Å². The highest BCUT2D eigenvalue weighted by Crippen LogP contribution is 2.25. The summed E-state index contributed by atoms with van der Waals surface area (Å²) in [4.78, 5) is 3.77. The van der Waals surface area contributed by atoms with Crippen LogP contribution in [0.3, 0.4) is 0 Å². The van der Waals surface area contributed by atoms with Gasteiger partial charge in [-0.2, -0.15) is 0 Å². The molecule has 0 aliphatic rings. The van der Waals surface area contributed by atoms with Gasteiger partial charge in [-0.3, -0.25) is 0 Å². The van der Waals surface area contributed by atoms with Gasteiger partial charge >= 0.3 is 0 Å². The van der Waals surface area contributed by atoms with Gasteiger partial charge in [-0.25, -0.2) is 13.8 Å². The third-order valence-electron chi connectivity index (χ3n) is 2.39. The lowest BCUT2D eigenvalue weighted by molar-refractivity contribution is 0.534. The molecule has 17 heavy (non-hydrogen) atoms. The number of halogens is 2. The summed E-state index contributed by atoms with van der Waals surface area (Å²) >= 11 is 1.27. The highest BCUT2D eigenvalue weighted by Gasteiger charge is 2.11. The lowest BCUT2D eigenvalue weighted by Gasteiger charge is -2.05. The molecule has 0 unspecified atom stereocenters. The molecule has 0 spiro atoms. The summed E-state index contributed by atoms with van der Waals surface area (Å²) in [6.07, 6.45) is 1.06. The van der Waals surface area contributed by atoms with E-state index in [-0.39, 0.29) is 10.6 Å². The van der Waals surface area contributed by atoms with E-state index in [0.717, 1.165) is 11.8 Å². The molecule has 0 fully saturated rings. The zero-order chi connectivity index (χ0) is 12.3. The maximum absolute atomic E-state index is 13.6. The maximum Gasteiger partial charge on any atom is 0.161 e. The SMILES string of the molecule is Cc1c(F)cnc(SCc2ccccc2)c1F. The Kier molecular flexibility index (Phi) is 3.74. The zero-order valence-electron chi connectivity index (χ0n) is 9.28. The molecular weight excluding hydrogens is 240 g/mol. The van der Waals surface area contributed by atoms with Crippen LogP contribution >= 0.6 is 11.8 Å². The molecule has 1 aromatic carbocycles. The molecule has 1 heterocycles. The highest BCUT2D eigenvalue weighted by atomic mass is 32.2. The molecule has 2 rings (SSSR count). The number of aromatic nitrogens is 1. The summed E-state index contributed by atoms with van der Waals surface area (Å²) in [5.74, 6) is -0.548. The van der Waals surface area contributed by atoms with E-state index >= 15 is 0 Å². The molecule has 0 aliphatic carbocycles. The molecule has 4 heteroatoms. The molecule has 0 N–H and O–H groups in total. The minimum Gasteiger partial charge on any atom is -0.244 e. The zero-order valence-corrected chi connectivity index (χ0v) is 10.1. The molecule has 0 aliphatic heterocycles. The molecule has 1 aromatic heterocycles. The van der Waals surface area contributed by atoms with Crippen molar-refractivity contribution in [3.05, 3.63) is 59.3 Å². The molecule has 0 saturated carbocycles. The summed E-state index contributed by atoms with van der Waals surface area (Å²) in [6, 6.07) is 9.70. The van der Waals surface area contributed by atoms with Gasteiger partial charge in [0, 0.05) is 11.3 Å². The second-order valence-electron chi connectivity index (χ2n) is 3.62. The number of pyridine rings is 1. The molecular formula is C13H11F2NS. The summed E-state index contributed by atoms with van der Waals surface area (Å²) in [5.41, 5.74) is 1.11. The molecule has 0 amide bonds. The van der Waals surface area contributed by atoms with Crippen molar-refractivity contribution in [1.29, 1.82) is 0 Å². The average molecular weight is 251 g/mol. The number of rotatable bonds is 3. The van der Waals surface area contributed by atoms with Crippen LogP contribution in [0.5, 0.6) is 0 Å². The predicted molar refractivity (Wildman–Crippen MR) is 64.9 cm³/mol. The quantitative estimate of drug-likeness (QED) is 0.766. The predicted octanol–water partition coefficient (Wildman–Crippen LogP) is 3.96. The number of nitrogens with zero attached hydrogens (tertiary/aromatic N) is 1. The topological polar surface area (TPSA) is 12.9 Å². The lowest BCUT2D eigenvalue weighted by Crippen LogP contribution is -1.95. The largest absolute Gasteiger partial charge is 0.244 e. The Morgan fingerprint density at radius 3 is 2.59 bits per heavy atom. The summed E-state index contributed by atoms with van der Waals surface area (Å²) in [5, 5.41) is 0.243. The maximum atomic E-state index is 13.6. The number of hydrogen-bond donors (Lipinski definition) is 0. The van der Waals surface area contributed by atoms with Crippen LogP contribution in [0, 0.1) is 18.6 Å². The van der Waals surface area contributed by atoms with Gasteiger partial charge < -0.3 is 0 Å². The first-order chi connectivity index (χ1) is 8.18. The van der Waals surface area contributed by atoms with Gasteiger partial charge in [0.2, 0.25) is 0 Å². The van der Waals surface area contributed by atoms with E-state index in [0.29, 0.717) is 5.75 Å². The Morgan fingerprint density at radius 2 is 1.88 bits per heavy atom. The van der Waals surface area contributed by atoms with E-state index in [1.165, 1.54) is 18.7 Å². The minimum absolute atomic E-state index is 0.0237. The summed E-state index contributed by atoms with van der Waals surface area (Å²) in [6.45, 7) is 1.42. The molecule has 1 nitrogen and oxygen atoms in total. The third-order valence-corrected chi connectivity index (χ3v) is 3.42. The van der Waals surface area contributed by atoms with E-state index in [4.69, 9.17) is 0 Å². The van der Waals surface area contributed by atoms with Crippen molar-refractivity contribution < 1.29 is 8.78 Å². The Bertz CT molecular complexity index is 514. The molecule has 88 valence electrons. The van der Waals surface area contributed by atoms with Crippen LogP contribution in [-0.4, -0.2) is 4.98 Å². The van der Waals surface area contributed by atoms with Crippen LogP contribution in [0.1, 0.15) is 11.1 Å². The van der Waals surface area contributed by atoms with Crippen LogP contribution < -0.4 is 0 Å². The summed E-state index contributed by atoms with van der Waals surface area (Å²) < 4.78 is 26.7. The third kappa shape index (κ3) is 2.82. The van der Waals surface area contributed by atoms with Gasteiger partial charge in [0.25, 0.3) is 0 Å². The first-order valence-corrected chi connectivity index (χ1v) is 6.14. The number of thioether (sulfide) groups is 1. The second kappa shape index (κ2) is 5.27. The second-order valence-corrected chi connectivity index (χ2v) is 4.59.